The van der Waals surface area contributed by atoms with Crippen LogP contribution in [0.1, 0.15) is 34.1 Å². The molecule has 0 heterocycles. The van der Waals surface area contributed by atoms with Crippen LogP contribution in [0, 0.1) is 11.8 Å². The van der Waals surface area contributed by atoms with Gasteiger partial charge in [0.25, 0.3) is 0 Å². The summed E-state index contributed by atoms with van der Waals surface area (Å²) in [5.74, 6) is -4.17. The molecule has 1 fully saturated rings. The highest BCUT2D eigenvalue weighted by molar-refractivity contribution is 5.92. The van der Waals surface area contributed by atoms with Gasteiger partial charge in [0.15, 0.2) is 0 Å². The molecule has 0 spiro atoms. The van der Waals surface area contributed by atoms with Gasteiger partial charge in [-0.05, 0) is 27.2 Å². The van der Waals surface area contributed by atoms with Gasteiger partial charge in [0, 0.05) is 11.8 Å². The molecular weight excluding hydrogens is 311 g/mol. The predicted octanol–water partition coefficient (Wildman–Crippen LogP) is 3.14. The smallest absolute Gasteiger partial charge is 0.458 e. The summed E-state index contributed by atoms with van der Waals surface area (Å²) in [4.78, 5) is 24.0. The Morgan fingerprint density at radius 1 is 1.35 bits per heavy atom. The molecule has 0 aliphatic heterocycles. The maximum absolute atomic E-state index is 12.7. The number of halogens is 3. The molecule has 130 valence electrons. The van der Waals surface area contributed by atoms with Gasteiger partial charge in [0.2, 0.25) is 0 Å². The van der Waals surface area contributed by atoms with E-state index in [2.05, 4.69) is 13.2 Å². The number of amides is 1. The molecule has 0 bridgehead atoms. The second-order valence-electron chi connectivity index (χ2n) is 6.77. The topological polar surface area (TPSA) is 55.4 Å². The highest BCUT2D eigenvalue weighted by Crippen LogP contribution is 2.45. The Morgan fingerprint density at radius 2 is 1.87 bits per heavy atom. The molecule has 0 radical (unpaired) electrons. The molecule has 0 aromatic carbocycles. The maximum atomic E-state index is 12.7. The average molecular weight is 333 g/mol. The Balaban J connectivity index is 3.27. The van der Waals surface area contributed by atoms with Crippen molar-refractivity contribution in [2.75, 3.05) is 0 Å². The van der Waals surface area contributed by atoms with Crippen LogP contribution < -0.4 is 5.32 Å². The highest BCUT2D eigenvalue weighted by Gasteiger charge is 2.57. The van der Waals surface area contributed by atoms with E-state index in [0.29, 0.717) is 5.57 Å². The van der Waals surface area contributed by atoms with Crippen LogP contribution in [0.2, 0.25) is 0 Å². The molecule has 23 heavy (non-hydrogen) atoms. The summed E-state index contributed by atoms with van der Waals surface area (Å²) in [6.45, 7) is 13.8. The lowest BCUT2D eigenvalue weighted by atomic mass is 9.86. The van der Waals surface area contributed by atoms with Crippen molar-refractivity contribution < 1.29 is 27.5 Å². The zero-order valence-electron chi connectivity index (χ0n) is 13.7. The van der Waals surface area contributed by atoms with Crippen LogP contribution >= 0.6 is 0 Å². The molecule has 0 aromatic rings. The summed E-state index contributed by atoms with van der Waals surface area (Å²) in [5.41, 5.74) is -2.18. The average Bonchev–Trinajstić information content (AvgIpc) is 2.61. The summed E-state index contributed by atoms with van der Waals surface area (Å²) in [5, 5.41) is 1.85. The van der Waals surface area contributed by atoms with Crippen molar-refractivity contribution in [2.45, 2.75) is 51.4 Å². The fourth-order valence-corrected chi connectivity index (χ4v) is 2.64. The summed E-state index contributed by atoms with van der Waals surface area (Å²) in [6, 6.07) is 0. The summed E-state index contributed by atoms with van der Waals surface area (Å²) < 4.78 is 43.3. The first kappa shape index (κ1) is 19.3. The Kier molecular flexibility index (Phi) is 5.04. The monoisotopic (exact) mass is 333 g/mol. The predicted molar refractivity (Wildman–Crippen MR) is 79.4 cm³/mol. The molecule has 1 aliphatic rings. The van der Waals surface area contributed by atoms with E-state index in [1.807, 2.05) is 5.32 Å². The van der Waals surface area contributed by atoms with Crippen molar-refractivity contribution in [2.24, 2.45) is 11.8 Å². The lowest BCUT2D eigenvalue weighted by molar-refractivity contribution is -0.181. The third-order valence-electron chi connectivity index (χ3n) is 3.96. The molecule has 3 atom stereocenters. The van der Waals surface area contributed by atoms with E-state index >= 15 is 0 Å². The summed E-state index contributed by atoms with van der Waals surface area (Å²) in [7, 11) is 0. The third kappa shape index (κ3) is 3.95. The van der Waals surface area contributed by atoms with Gasteiger partial charge in [0.05, 0.1) is 0 Å². The first-order chi connectivity index (χ1) is 10.2. The Hall–Kier alpha value is -1.79. The molecule has 4 nitrogen and oxygen atoms in total. The van der Waals surface area contributed by atoms with E-state index in [1.54, 1.807) is 27.7 Å². The number of hydrogen-bond donors (Lipinski definition) is 1. The number of ether oxygens (including phenoxy) is 1. The van der Waals surface area contributed by atoms with E-state index in [4.69, 9.17) is 4.74 Å². The zero-order valence-corrected chi connectivity index (χ0v) is 13.7. The van der Waals surface area contributed by atoms with Crippen molar-refractivity contribution in [3.63, 3.8) is 0 Å². The van der Waals surface area contributed by atoms with Gasteiger partial charge >= 0.3 is 18.1 Å². The van der Waals surface area contributed by atoms with Crippen molar-refractivity contribution in [1.82, 2.24) is 5.32 Å². The highest BCUT2D eigenvalue weighted by atomic mass is 19.4. The van der Waals surface area contributed by atoms with E-state index in [1.165, 1.54) is 6.08 Å². The fraction of sp³-hybridized carbons (Fsp3) is 0.625. The first-order valence-corrected chi connectivity index (χ1v) is 7.18. The quantitative estimate of drug-likeness (QED) is 0.638. The van der Waals surface area contributed by atoms with Crippen molar-refractivity contribution in [3.8, 4) is 0 Å². The number of hydrogen-bond acceptors (Lipinski definition) is 3. The first-order valence-electron chi connectivity index (χ1n) is 7.18. The number of carbonyl (C=O) groups is 2. The molecule has 0 saturated heterocycles. The SMILES string of the molecule is C=CC1CC(NC(=O)C(F)(F)F)(C(=O)OC(C)(C)C)C(C)C1=C. The standard InChI is InChI=1S/C16H22F3NO3/c1-7-11-8-15(10(3)9(11)2,13(22)23-14(4,5)6)20-12(21)16(17,18)19/h7,10-11H,1-2,8H2,3-6H3,(H,20,21). The molecule has 1 saturated carbocycles. The van der Waals surface area contributed by atoms with Crippen LogP contribution in [-0.4, -0.2) is 29.2 Å². The second kappa shape index (κ2) is 6.02. The minimum atomic E-state index is -5.09. The van der Waals surface area contributed by atoms with Crippen LogP contribution in [-0.2, 0) is 14.3 Å². The van der Waals surface area contributed by atoms with Crippen LogP contribution in [0.3, 0.4) is 0 Å². The van der Waals surface area contributed by atoms with Crippen LogP contribution in [0.25, 0.3) is 0 Å². The van der Waals surface area contributed by atoms with E-state index < -0.39 is 35.1 Å². The minimum Gasteiger partial charge on any atom is -0.458 e. The van der Waals surface area contributed by atoms with E-state index in [-0.39, 0.29) is 12.3 Å². The fourth-order valence-electron chi connectivity index (χ4n) is 2.64. The summed E-state index contributed by atoms with van der Waals surface area (Å²) in [6.07, 6.45) is -3.65. The number of alkyl halides is 3. The van der Waals surface area contributed by atoms with Gasteiger partial charge in [-0.1, -0.05) is 25.2 Å². The molecule has 7 heteroatoms. The molecule has 1 rings (SSSR count). The number of rotatable bonds is 3. The van der Waals surface area contributed by atoms with Gasteiger partial charge in [-0.15, -0.1) is 6.58 Å². The van der Waals surface area contributed by atoms with Crippen molar-refractivity contribution in [1.29, 1.82) is 0 Å². The normalized spacial score (nSPS) is 28.4. The van der Waals surface area contributed by atoms with Crippen LogP contribution in [0.15, 0.2) is 24.8 Å². The van der Waals surface area contributed by atoms with Gasteiger partial charge in [-0.25, -0.2) is 4.79 Å². The van der Waals surface area contributed by atoms with E-state index in [9.17, 15) is 22.8 Å². The number of carbonyl (C=O) groups excluding carboxylic acids is 2. The molecular formula is C16H22F3NO3. The number of allylic oxidation sites excluding steroid dienone is 1. The van der Waals surface area contributed by atoms with Crippen LogP contribution in [0.4, 0.5) is 13.2 Å². The van der Waals surface area contributed by atoms with Crippen LogP contribution in [0.5, 0.6) is 0 Å². The number of esters is 1. The van der Waals surface area contributed by atoms with Crippen molar-refractivity contribution in [3.05, 3.63) is 24.8 Å². The molecule has 1 aliphatic carbocycles. The lowest BCUT2D eigenvalue weighted by Crippen LogP contribution is -2.60. The molecule has 1 amide bonds. The summed E-state index contributed by atoms with van der Waals surface area (Å²) >= 11 is 0. The second-order valence-corrected chi connectivity index (χ2v) is 6.77. The van der Waals surface area contributed by atoms with Gasteiger partial charge in [-0.2, -0.15) is 13.2 Å². The van der Waals surface area contributed by atoms with Crippen molar-refractivity contribution >= 4 is 11.9 Å². The van der Waals surface area contributed by atoms with E-state index in [0.717, 1.165) is 0 Å². The largest absolute Gasteiger partial charge is 0.471 e. The Labute approximate surface area is 133 Å². The zero-order chi connectivity index (χ0) is 18.2. The molecule has 3 unspecified atom stereocenters. The molecule has 1 N–H and O–H groups in total. The Morgan fingerprint density at radius 3 is 2.22 bits per heavy atom. The van der Waals surface area contributed by atoms with Gasteiger partial charge in [-0.3, -0.25) is 4.79 Å². The van der Waals surface area contributed by atoms with Gasteiger partial charge in [0.1, 0.15) is 11.1 Å². The number of nitrogens with one attached hydrogen (secondary N) is 1. The third-order valence-corrected chi connectivity index (χ3v) is 3.96. The lowest BCUT2D eigenvalue weighted by Gasteiger charge is -2.35. The van der Waals surface area contributed by atoms with Gasteiger partial charge < -0.3 is 10.1 Å². The Bertz CT molecular complexity index is 534. The minimum absolute atomic E-state index is 0.0623. The molecule has 0 aromatic heterocycles. The maximum Gasteiger partial charge on any atom is 0.471 e.